The molecule has 0 unspecified atom stereocenters. The molecular formula is C17H11NO. The summed E-state index contributed by atoms with van der Waals surface area (Å²) >= 11 is 0. The Labute approximate surface area is 110 Å². The second kappa shape index (κ2) is 3.69. The molecule has 0 atom stereocenters. The van der Waals surface area contributed by atoms with Crippen LogP contribution in [0.2, 0.25) is 0 Å². The SMILES string of the molecule is Oc1ccc2c3c(cccc13)N=C2c1ccccc1. The first kappa shape index (κ1) is 10.3. The van der Waals surface area contributed by atoms with Crippen molar-refractivity contribution in [1.29, 1.82) is 0 Å². The highest BCUT2D eigenvalue weighted by Gasteiger charge is 2.20. The maximum atomic E-state index is 9.95. The summed E-state index contributed by atoms with van der Waals surface area (Å²) in [6, 6.07) is 19.7. The van der Waals surface area contributed by atoms with E-state index in [9.17, 15) is 5.11 Å². The van der Waals surface area contributed by atoms with Gasteiger partial charge in [-0.25, -0.2) is 4.99 Å². The Morgan fingerprint density at radius 2 is 1.63 bits per heavy atom. The number of benzene rings is 3. The molecule has 0 fully saturated rings. The molecule has 3 aromatic carbocycles. The first-order valence-electron chi connectivity index (χ1n) is 6.24. The molecule has 0 radical (unpaired) electrons. The molecule has 1 aliphatic rings. The van der Waals surface area contributed by atoms with Crippen molar-refractivity contribution in [2.45, 2.75) is 0 Å². The van der Waals surface area contributed by atoms with E-state index in [1.807, 2.05) is 42.5 Å². The number of aromatic hydroxyl groups is 1. The normalized spacial score (nSPS) is 12.7. The Hall–Kier alpha value is -2.61. The van der Waals surface area contributed by atoms with Crippen LogP contribution < -0.4 is 0 Å². The summed E-state index contributed by atoms with van der Waals surface area (Å²) in [4.78, 5) is 4.71. The molecule has 3 aromatic rings. The van der Waals surface area contributed by atoms with Crippen LogP contribution >= 0.6 is 0 Å². The zero-order chi connectivity index (χ0) is 12.8. The fraction of sp³-hybridized carbons (Fsp3) is 0. The van der Waals surface area contributed by atoms with E-state index < -0.39 is 0 Å². The number of phenolic OH excluding ortho intramolecular Hbond substituents is 1. The van der Waals surface area contributed by atoms with E-state index in [-0.39, 0.29) is 0 Å². The van der Waals surface area contributed by atoms with Crippen molar-refractivity contribution in [2.24, 2.45) is 4.99 Å². The van der Waals surface area contributed by atoms with Gasteiger partial charge in [-0.1, -0.05) is 42.5 Å². The third kappa shape index (κ3) is 1.40. The van der Waals surface area contributed by atoms with Gasteiger partial charge in [0.2, 0.25) is 0 Å². The van der Waals surface area contributed by atoms with Gasteiger partial charge in [0.05, 0.1) is 11.4 Å². The van der Waals surface area contributed by atoms with Gasteiger partial charge >= 0.3 is 0 Å². The van der Waals surface area contributed by atoms with Gasteiger partial charge < -0.3 is 5.11 Å². The molecule has 2 nitrogen and oxygen atoms in total. The summed E-state index contributed by atoms with van der Waals surface area (Å²) in [6.07, 6.45) is 0. The minimum Gasteiger partial charge on any atom is -0.507 e. The van der Waals surface area contributed by atoms with Gasteiger partial charge in [0.1, 0.15) is 5.75 Å². The van der Waals surface area contributed by atoms with Crippen molar-refractivity contribution >= 4 is 22.2 Å². The Bertz CT molecular complexity index is 819. The van der Waals surface area contributed by atoms with Crippen LogP contribution in [0.4, 0.5) is 5.69 Å². The summed E-state index contributed by atoms with van der Waals surface area (Å²) in [7, 11) is 0. The molecule has 0 bridgehead atoms. The molecule has 1 heterocycles. The highest BCUT2D eigenvalue weighted by atomic mass is 16.3. The van der Waals surface area contributed by atoms with E-state index in [4.69, 9.17) is 4.99 Å². The number of rotatable bonds is 1. The Morgan fingerprint density at radius 3 is 2.47 bits per heavy atom. The summed E-state index contributed by atoms with van der Waals surface area (Å²) in [5, 5.41) is 11.9. The van der Waals surface area contributed by atoms with E-state index in [2.05, 4.69) is 12.1 Å². The summed E-state index contributed by atoms with van der Waals surface area (Å²) < 4.78 is 0. The van der Waals surface area contributed by atoms with Crippen molar-refractivity contribution in [3.63, 3.8) is 0 Å². The van der Waals surface area contributed by atoms with Gasteiger partial charge in [-0.05, 0) is 18.2 Å². The van der Waals surface area contributed by atoms with E-state index in [0.717, 1.165) is 33.3 Å². The fourth-order valence-electron chi connectivity index (χ4n) is 2.66. The number of hydrogen-bond acceptors (Lipinski definition) is 2. The largest absolute Gasteiger partial charge is 0.507 e. The number of hydrogen-bond donors (Lipinski definition) is 1. The van der Waals surface area contributed by atoms with Gasteiger partial charge in [-0.3, -0.25) is 0 Å². The quantitative estimate of drug-likeness (QED) is 0.539. The lowest BCUT2D eigenvalue weighted by Crippen LogP contribution is -1.99. The molecule has 0 spiro atoms. The zero-order valence-corrected chi connectivity index (χ0v) is 10.2. The average Bonchev–Trinajstić information content (AvgIpc) is 2.84. The number of phenols is 1. The molecule has 2 heteroatoms. The molecule has 19 heavy (non-hydrogen) atoms. The maximum Gasteiger partial charge on any atom is 0.123 e. The molecule has 0 aromatic heterocycles. The molecule has 4 rings (SSSR count). The predicted molar refractivity (Wildman–Crippen MR) is 77.4 cm³/mol. The second-order valence-corrected chi connectivity index (χ2v) is 4.66. The lowest BCUT2D eigenvalue weighted by molar-refractivity contribution is 0.481. The van der Waals surface area contributed by atoms with Gasteiger partial charge in [0.15, 0.2) is 0 Å². The third-order valence-electron chi connectivity index (χ3n) is 3.53. The molecule has 0 aliphatic carbocycles. The van der Waals surface area contributed by atoms with Crippen molar-refractivity contribution in [2.75, 3.05) is 0 Å². The van der Waals surface area contributed by atoms with Crippen LogP contribution in [-0.4, -0.2) is 10.8 Å². The molecule has 1 aliphatic heterocycles. The van der Waals surface area contributed by atoms with Crippen molar-refractivity contribution < 1.29 is 5.11 Å². The van der Waals surface area contributed by atoms with Crippen LogP contribution in [0, 0.1) is 0 Å². The first-order chi connectivity index (χ1) is 9.34. The monoisotopic (exact) mass is 245 g/mol. The Morgan fingerprint density at radius 1 is 0.789 bits per heavy atom. The van der Waals surface area contributed by atoms with Crippen molar-refractivity contribution in [3.05, 3.63) is 71.8 Å². The van der Waals surface area contributed by atoms with Crippen LogP contribution in [0.1, 0.15) is 11.1 Å². The molecule has 1 N–H and O–H groups in total. The topological polar surface area (TPSA) is 32.6 Å². The van der Waals surface area contributed by atoms with E-state index >= 15 is 0 Å². The van der Waals surface area contributed by atoms with Crippen LogP contribution in [0.3, 0.4) is 0 Å². The number of nitrogens with zero attached hydrogens (tertiary/aromatic N) is 1. The predicted octanol–water partition coefficient (Wildman–Crippen LogP) is 4.03. The highest BCUT2D eigenvalue weighted by Crippen LogP contribution is 2.40. The Balaban J connectivity index is 2.05. The molecular weight excluding hydrogens is 234 g/mol. The standard InChI is InChI=1S/C17H11NO/c19-15-10-9-13-16-12(15)7-4-8-14(16)18-17(13)11-5-2-1-3-6-11/h1-10,19H. The highest BCUT2D eigenvalue weighted by molar-refractivity contribution is 6.26. The Kier molecular flexibility index (Phi) is 2.00. The fourth-order valence-corrected chi connectivity index (χ4v) is 2.66. The third-order valence-corrected chi connectivity index (χ3v) is 3.53. The van der Waals surface area contributed by atoms with Crippen molar-refractivity contribution in [3.8, 4) is 5.75 Å². The molecule has 0 amide bonds. The lowest BCUT2D eigenvalue weighted by atomic mass is 9.98. The van der Waals surface area contributed by atoms with Gasteiger partial charge in [0.25, 0.3) is 0 Å². The minimum absolute atomic E-state index is 0.310. The van der Waals surface area contributed by atoms with Crippen LogP contribution in [-0.2, 0) is 0 Å². The maximum absolute atomic E-state index is 9.95. The van der Waals surface area contributed by atoms with Gasteiger partial charge in [-0.2, -0.15) is 0 Å². The molecule has 90 valence electrons. The van der Waals surface area contributed by atoms with Gasteiger partial charge in [-0.15, -0.1) is 0 Å². The summed E-state index contributed by atoms with van der Waals surface area (Å²) in [6.45, 7) is 0. The number of aliphatic imine (C=N–C) groups is 1. The van der Waals surface area contributed by atoms with Crippen LogP contribution in [0.15, 0.2) is 65.7 Å². The van der Waals surface area contributed by atoms with E-state index in [1.54, 1.807) is 6.07 Å². The smallest absolute Gasteiger partial charge is 0.123 e. The zero-order valence-electron chi connectivity index (χ0n) is 10.2. The summed E-state index contributed by atoms with van der Waals surface area (Å²) in [5.74, 6) is 0.310. The summed E-state index contributed by atoms with van der Waals surface area (Å²) in [5.41, 5.74) is 4.11. The van der Waals surface area contributed by atoms with Crippen LogP contribution in [0.5, 0.6) is 5.75 Å². The second-order valence-electron chi connectivity index (χ2n) is 4.66. The van der Waals surface area contributed by atoms with Crippen LogP contribution in [0.25, 0.3) is 10.8 Å². The average molecular weight is 245 g/mol. The lowest BCUT2D eigenvalue weighted by Gasteiger charge is -2.05. The van der Waals surface area contributed by atoms with E-state index in [1.165, 1.54) is 0 Å². The molecule has 0 saturated heterocycles. The van der Waals surface area contributed by atoms with E-state index in [0.29, 0.717) is 5.75 Å². The molecule has 0 saturated carbocycles. The van der Waals surface area contributed by atoms with Gasteiger partial charge in [0, 0.05) is 21.9 Å². The minimum atomic E-state index is 0.310. The first-order valence-corrected chi connectivity index (χ1v) is 6.24. The van der Waals surface area contributed by atoms with Crippen molar-refractivity contribution in [1.82, 2.24) is 0 Å².